The van der Waals surface area contributed by atoms with E-state index >= 15 is 0 Å². The first kappa shape index (κ1) is 15.2. The van der Waals surface area contributed by atoms with Gasteiger partial charge in [-0.05, 0) is 48.2 Å². The fourth-order valence-corrected chi connectivity index (χ4v) is 2.48. The van der Waals surface area contributed by atoms with Crippen LogP contribution in [0.15, 0.2) is 36.4 Å². The predicted molar refractivity (Wildman–Crippen MR) is 86.4 cm³/mol. The third-order valence-electron chi connectivity index (χ3n) is 3.18. The Morgan fingerprint density at radius 2 is 1.80 bits per heavy atom. The van der Waals surface area contributed by atoms with Gasteiger partial charge in [-0.1, -0.05) is 37.6 Å². The van der Waals surface area contributed by atoms with Crippen LogP contribution >= 0.6 is 23.2 Å². The molecule has 0 saturated carbocycles. The van der Waals surface area contributed by atoms with Crippen LogP contribution in [-0.2, 0) is 5.88 Å². The minimum atomic E-state index is 0.374. The van der Waals surface area contributed by atoms with E-state index in [1.54, 1.807) is 0 Å². The lowest BCUT2D eigenvalue weighted by molar-refractivity contribution is 0.468. The van der Waals surface area contributed by atoms with Gasteiger partial charge in [-0.15, -0.1) is 11.6 Å². The van der Waals surface area contributed by atoms with Crippen LogP contribution in [0, 0.1) is 6.92 Å². The van der Waals surface area contributed by atoms with Crippen molar-refractivity contribution in [3.8, 4) is 11.5 Å². The first-order valence-electron chi connectivity index (χ1n) is 6.64. The van der Waals surface area contributed by atoms with Crippen LogP contribution in [0.4, 0.5) is 0 Å². The second kappa shape index (κ2) is 6.51. The topological polar surface area (TPSA) is 9.23 Å². The lowest BCUT2D eigenvalue weighted by Crippen LogP contribution is -1.96. The Bertz CT molecular complexity index is 606. The standard InChI is InChI=1S/C17H18Cl2O/c1-11(2)15-6-4-12(3)8-17(15)20-16-7-5-14(19)9-13(16)10-18/h4-9,11H,10H2,1-3H3. The molecule has 106 valence electrons. The summed E-state index contributed by atoms with van der Waals surface area (Å²) in [6, 6.07) is 11.8. The minimum Gasteiger partial charge on any atom is -0.457 e. The third kappa shape index (κ3) is 3.47. The van der Waals surface area contributed by atoms with E-state index in [2.05, 4.69) is 39.0 Å². The zero-order valence-corrected chi connectivity index (χ0v) is 13.4. The van der Waals surface area contributed by atoms with Crippen molar-refractivity contribution in [2.45, 2.75) is 32.6 Å². The van der Waals surface area contributed by atoms with Crippen molar-refractivity contribution in [2.24, 2.45) is 0 Å². The van der Waals surface area contributed by atoms with Crippen molar-refractivity contribution in [3.63, 3.8) is 0 Å². The fraction of sp³-hybridized carbons (Fsp3) is 0.294. The average Bonchev–Trinajstić information content (AvgIpc) is 2.40. The molecule has 0 heterocycles. The van der Waals surface area contributed by atoms with Gasteiger partial charge < -0.3 is 4.74 Å². The van der Waals surface area contributed by atoms with E-state index in [-0.39, 0.29) is 0 Å². The van der Waals surface area contributed by atoms with Crippen LogP contribution in [0.3, 0.4) is 0 Å². The molecule has 0 radical (unpaired) electrons. The Balaban J connectivity index is 2.41. The highest BCUT2D eigenvalue weighted by molar-refractivity contribution is 6.30. The zero-order chi connectivity index (χ0) is 14.7. The predicted octanol–water partition coefficient (Wildman–Crippen LogP) is 6.30. The molecule has 0 unspecified atom stereocenters. The van der Waals surface area contributed by atoms with Crippen molar-refractivity contribution in [1.29, 1.82) is 0 Å². The first-order valence-corrected chi connectivity index (χ1v) is 7.55. The van der Waals surface area contributed by atoms with Gasteiger partial charge in [0.2, 0.25) is 0 Å². The molecule has 0 bridgehead atoms. The molecule has 0 atom stereocenters. The molecule has 20 heavy (non-hydrogen) atoms. The molecule has 0 aromatic heterocycles. The lowest BCUT2D eigenvalue weighted by atomic mass is 10.0. The van der Waals surface area contributed by atoms with Crippen molar-refractivity contribution < 1.29 is 4.74 Å². The molecular formula is C17H18Cl2O. The second-order valence-corrected chi connectivity index (χ2v) is 5.89. The molecule has 1 nitrogen and oxygen atoms in total. The summed E-state index contributed by atoms with van der Waals surface area (Å²) >= 11 is 12.0. The molecule has 2 aromatic carbocycles. The minimum absolute atomic E-state index is 0.374. The maximum absolute atomic E-state index is 6.09. The Hall–Kier alpha value is -1.18. The summed E-state index contributed by atoms with van der Waals surface area (Å²) in [5.41, 5.74) is 3.26. The quantitative estimate of drug-likeness (QED) is 0.602. The van der Waals surface area contributed by atoms with Gasteiger partial charge in [0.15, 0.2) is 0 Å². The molecule has 0 fully saturated rings. The largest absolute Gasteiger partial charge is 0.457 e. The van der Waals surface area contributed by atoms with E-state index in [0.29, 0.717) is 16.8 Å². The van der Waals surface area contributed by atoms with Gasteiger partial charge >= 0.3 is 0 Å². The number of alkyl halides is 1. The highest BCUT2D eigenvalue weighted by atomic mass is 35.5. The number of ether oxygens (including phenoxy) is 1. The first-order chi connectivity index (χ1) is 9.51. The molecule has 3 heteroatoms. The van der Waals surface area contributed by atoms with Gasteiger partial charge in [0, 0.05) is 10.6 Å². The molecule has 0 N–H and O–H groups in total. The number of rotatable bonds is 4. The molecule has 2 aromatic rings. The maximum Gasteiger partial charge on any atom is 0.131 e. The summed E-state index contributed by atoms with van der Waals surface area (Å²) < 4.78 is 6.09. The Morgan fingerprint density at radius 3 is 2.45 bits per heavy atom. The van der Waals surface area contributed by atoms with Gasteiger partial charge in [-0.3, -0.25) is 0 Å². The zero-order valence-electron chi connectivity index (χ0n) is 11.9. The second-order valence-electron chi connectivity index (χ2n) is 5.18. The number of hydrogen-bond donors (Lipinski definition) is 0. The van der Waals surface area contributed by atoms with Crippen LogP contribution in [0.5, 0.6) is 11.5 Å². The maximum atomic E-state index is 6.09. The van der Waals surface area contributed by atoms with E-state index in [0.717, 1.165) is 17.1 Å². The molecular weight excluding hydrogens is 291 g/mol. The number of aryl methyl sites for hydroxylation is 1. The molecule has 0 aliphatic carbocycles. The summed E-state index contributed by atoms with van der Waals surface area (Å²) in [4.78, 5) is 0. The van der Waals surface area contributed by atoms with Gasteiger partial charge in [-0.25, -0.2) is 0 Å². The summed E-state index contributed by atoms with van der Waals surface area (Å²) in [5.74, 6) is 2.42. The highest BCUT2D eigenvalue weighted by Crippen LogP contribution is 2.34. The van der Waals surface area contributed by atoms with Gasteiger partial charge in [0.1, 0.15) is 11.5 Å². The summed E-state index contributed by atoms with van der Waals surface area (Å²) in [7, 11) is 0. The van der Waals surface area contributed by atoms with Gasteiger partial charge in [0.25, 0.3) is 0 Å². The van der Waals surface area contributed by atoms with E-state index in [9.17, 15) is 0 Å². The van der Waals surface area contributed by atoms with Crippen LogP contribution in [0.25, 0.3) is 0 Å². The third-order valence-corrected chi connectivity index (χ3v) is 3.70. The van der Waals surface area contributed by atoms with E-state index in [1.807, 2.05) is 18.2 Å². The van der Waals surface area contributed by atoms with Gasteiger partial charge in [0.05, 0.1) is 5.88 Å². The smallest absolute Gasteiger partial charge is 0.131 e. The Labute approximate surface area is 130 Å². The summed E-state index contributed by atoms with van der Waals surface area (Å²) in [6.45, 7) is 6.37. The highest BCUT2D eigenvalue weighted by Gasteiger charge is 2.11. The van der Waals surface area contributed by atoms with Crippen molar-refractivity contribution in [1.82, 2.24) is 0 Å². The molecule has 0 amide bonds. The van der Waals surface area contributed by atoms with Crippen LogP contribution in [0.2, 0.25) is 5.02 Å². The Morgan fingerprint density at radius 1 is 1.05 bits per heavy atom. The van der Waals surface area contributed by atoms with Crippen molar-refractivity contribution >= 4 is 23.2 Å². The van der Waals surface area contributed by atoms with E-state index in [1.165, 1.54) is 11.1 Å². The summed E-state index contributed by atoms with van der Waals surface area (Å²) in [6.07, 6.45) is 0. The van der Waals surface area contributed by atoms with Crippen LogP contribution in [0.1, 0.15) is 36.5 Å². The average molecular weight is 309 g/mol. The molecule has 2 rings (SSSR count). The van der Waals surface area contributed by atoms with Crippen molar-refractivity contribution in [3.05, 3.63) is 58.1 Å². The van der Waals surface area contributed by atoms with Crippen molar-refractivity contribution in [2.75, 3.05) is 0 Å². The van der Waals surface area contributed by atoms with Crippen LogP contribution < -0.4 is 4.74 Å². The SMILES string of the molecule is Cc1ccc(C(C)C)c(Oc2ccc(Cl)cc2CCl)c1. The Kier molecular flexibility index (Phi) is 4.95. The lowest BCUT2D eigenvalue weighted by Gasteiger charge is -2.16. The molecule has 0 aliphatic heterocycles. The van der Waals surface area contributed by atoms with E-state index < -0.39 is 0 Å². The van der Waals surface area contributed by atoms with Crippen LogP contribution in [-0.4, -0.2) is 0 Å². The van der Waals surface area contributed by atoms with E-state index in [4.69, 9.17) is 27.9 Å². The summed E-state index contributed by atoms with van der Waals surface area (Å²) in [5, 5.41) is 0.668. The van der Waals surface area contributed by atoms with Gasteiger partial charge in [-0.2, -0.15) is 0 Å². The molecule has 0 spiro atoms. The number of halogens is 2. The normalized spacial score (nSPS) is 10.9. The monoisotopic (exact) mass is 308 g/mol. The number of benzene rings is 2. The molecule has 0 aliphatic rings. The molecule has 0 saturated heterocycles. The number of hydrogen-bond acceptors (Lipinski definition) is 1. The fourth-order valence-electron chi connectivity index (χ4n) is 2.08.